The number of hydrogen-bond acceptors (Lipinski definition) is 7. The summed E-state index contributed by atoms with van der Waals surface area (Å²) < 4.78 is 76.6. The van der Waals surface area contributed by atoms with Crippen LogP contribution in [0.15, 0.2) is 47.4 Å². The molecule has 0 radical (unpaired) electrons. The van der Waals surface area contributed by atoms with Gasteiger partial charge >= 0.3 is 6.18 Å². The first-order valence-corrected chi connectivity index (χ1v) is 16.7. The van der Waals surface area contributed by atoms with Crippen molar-refractivity contribution in [3.63, 3.8) is 0 Å². The van der Waals surface area contributed by atoms with Crippen molar-refractivity contribution in [2.45, 2.75) is 55.4 Å². The van der Waals surface area contributed by atoms with Gasteiger partial charge in [0.2, 0.25) is 0 Å². The number of sulfone groups is 1. The SMILES string of the molecule is COc1cc(S(C)(=O)=O)ccc1NCC#Cc1cc2c(N[C@H]3CC[C@@H](N4CC5(COC5)C4)CC3)cccc2n1CC(F)(F)F. The molecule has 0 bridgehead atoms. The highest BCUT2D eigenvalue weighted by atomic mass is 32.2. The second-order valence-electron chi connectivity index (χ2n) is 12.3. The first-order valence-electron chi connectivity index (χ1n) is 14.8. The van der Waals surface area contributed by atoms with E-state index >= 15 is 0 Å². The summed E-state index contributed by atoms with van der Waals surface area (Å²) in [5.74, 6) is 6.16. The maximum absolute atomic E-state index is 13.7. The Morgan fingerprint density at radius 1 is 1.07 bits per heavy atom. The molecule has 12 heteroatoms. The Morgan fingerprint density at radius 3 is 2.45 bits per heavy atom. The number of likely N-dealkylation sites (tertiary alicyclic amines) is 1. The molecular formula is C32H37F3N4O4S. The quantitative estimate of drug-likeness (QED) is 0.334. The van der Waals surface area contributed by atoms with Crippen molar-refractivity contribution in [2.24, 2.45) is 5.41 Å². The first kappa shape index (κ1) is 30.6. The molecule has 2 N–H and O–H groups in total. The third-order valence-electron chi connectivity index (χ3n) is 8.93. The van der Waals surface area contributed by atoms with Crippen molar-refractivity contribution >= 4 is 32.1 Å². The molecule has 3 aromatic rings. The Hall–Kier alpha value is -3.40. The zero-order chi connectivity index (χ0) is 31.1. The monoisotopic (exact) mass is 630 g/mol. The van der Waals surface area contributed by atoms with Gasteiger partial charge in [0.15, 0.2) is 9.84 Å². The van der Waals surface area contributed by atoms with E-state index in [1.165, 1.54) is 23.8 Å². The summed E-state index contributed by atoms with van der Waals surface area (Å²) in [6, 6.07) is 12.4. The smallest absolute Gasteiger partial charge is 0.406 e. The van der Waals surface area contributed by atoms with Crippen molar-refractivity contribution < 1.29 is 31.1 Å². The van der Waals surface area contributed by atoms with Crippen LogP contribution in [0.3, 0.4) is 0 Å². The molecule has 0 amide bonds. The molecule has 1 aromatic heterocycles. The Kier molecular flexibility index (Phi) is 8.24. The molecule has 8 nitrogen and oxygen atoms in total. The van der Waals surface area contributed by atoms with Gasteiger partial charge < -0.3 is 24.7 Å². The number of anilines is 2. The highest BCUT2D eigenvalue weighted by Crippen LogP contribution is 2.41. The van der Waals surface area contributed by atoms with E-state index in [0.717, 1.165) is 63.9 Å². The maximum atomic E-state index is 13.7. The molecule has 0 atom stereocenters. The molecule has 0 unspecified atom stereocenters. The number of alkyl halides is 3. The van der Waals surface area contributed by atoms with E-state index in [4.69, 9.17) is 9.47 Å². The lowest BCUT2D eigenvalue weighted by atomic mass is 9.75. The van der Waals surface area contributed by atoms with Gasteiger partial charge in [0.25, 0.3) is 0 Å². The number of aromatic nitrogens is 1. The second-order valence-corrected chi connectivity index (χ2v) is 14.3. The van der Waals surface area contributed by atoms with Gasteiger partial charge in [-0.2, -0.15) is 13.2 Å². The molecule has 1 aliphatic carbocycles. The van der Waals surface area contributed by atoms with Crippen LogP contribution in [-0.4, -0.2) is 82.4 Å². The normalized spacial score (nSPS) is 21.7. The number of nitrogens with one attached hydrogen (secondary N) is 2. The summed E-state index contributed by atoms with van der Waals surface area (Å²) in [6.07, 6.45) is 0.920. The molecule has 1 saturated carbocycles. The van der Waals surface area contributed by atoms with Crippen molar-refractivity contribution in [3.8, 4) is 17.6 Å². The summed E-state index contributed by atoms with van der Waals surface area (Å²) in [6.45, 7) is 3.00. The number of benzene rings is 2. The van der Waals surface area contributed by atoms with Crippen LogP contribution >= 0.6 is 0 Å². The minimum Gasteiger partial charge on any atom is -0.495 e. The van der Waals surface area contributed by atoms with E-state index in [1.54, 1.807) is 24.3 Å². The number of ether oxygens (including phenoxy) is 2. The Balaban J connectivity index is 1.16. The number of halogens is 3. The minimum absolute atomic E-state index is 0.113. The number of methoxy groups -OCH3 is 1. The predicted octanol–water partition coefficient (Wildman–Crippen LogP) is 5.13. The lowest BCUT2D eigenvalue weighted by Gasteiger charge is -2.58. The van der Waals surface area contributed by atoms with Gasteiger partial charge in [-0.15, -0.1) is 0 Å². The molecule has 3 fully saturated rings. The van der Waals surface area contributed by atoms with Gasteiger partial charge in [0.05, 0.1) is 48.7 Å². The average Bonchev–Trinajstić information content (AvgIpc) is 3.26. The van der Waals surface area contributed by atoms with Crippen LogP contribution in [0, 0.1) is 17.3 Å². The molecule has 1 spiro atoms. The van der Waals surface area contributed by atoms with Crippen LogP contribution in [0.2, 0.25) is 0 Å². The van der Waals surface area contributed by atoms with Crippen molar-refractivity contribution in [2.75, 3.05) is 56.8 Å². The summed E-state index contributed by atoms with van der Waals surface area (Å²) in [7, 11) is -1.98. The van der Waals surface area contributed by atoms with Crippen molar-refractivity contribution in [1.29, 1.82) is 0 Å². The Bertz CT molecular complexity index is 1690. The summed E-state index contributed by atoms with van der Waals surface area (Å²) in [5, 5.41) is 7.40. The maximum Gasteiger partial charge on any atom is 0.406 e. The lowest BCUT2D eigenvalue weighted by molar-refractivity contribution is -0.200. The van der Waals surface area contributed by atoms with E-state index in [2.05, 4.69) is 27.4 Å². The highest BCUT2D eigenvalue weighted by Gasteiger charge is 2.50. The second kappa shape index (κ2) is 11.8. The molecule has 2 aliphatic heterocycles. The summed E-state index contributed by atoms with van der Waals surface area (Å²) in [5.41, 5.74) is 2.49. The van der Waals surface area contributed by atoms with E-state index in [9.17, 15) is 21.6 Å². The summed E-state index contributed by atoms with van der Waals surface area (Å²) >= 11 is 0. The topological polar surface area (TPSA) is 84.8 Å². The fourth-order valence-electron chi connectivity index (χ4n) is 6.64. The van der Waals surface area contributed by atoms with Gasteiger partial charge in [-0.05, 0) is 61.9 Å². The molecule has 3 heterocycles. The third kappa shape index (κ3) is 6.50. The van der Waals surface area contributed by atoms with Crippen LogP contribution in [-0.2, 0) is 21.1 Å². The zero-order valence-electron chi connectivity index (χ0n) is 24.8. The summed E-state index contributed by atoms with van der Waals surface area (Å²) in [4.78, 5) is 2.70. The van der Waals surface area contributed by atoms with Crippen LogP contribution in [0.5, 0.6) is 5.75 Å². The minimum atomic E-state index is -4.42. The predicted molar refractivity (Wildman–Crippen MR) is 164 cm³/mol. The lowest BCUT2D eigenvalue weighted by Crippen LogP contribution is -2.68. The molecule has 3 aliphatic rings. The number of fused-ring (bicyclic) bond motifs is 1. The highest BCUT2D eigenvalue weighted by molar-refractivity contribution is 7.90. The Morgan fingerprint density at radius 2 is 1.82 bits per heavy atom. The molecule has 2 saturated heterocycles. The third-order valence-corrected chi connectivity index (χ3v) is 10.0. The number of hydrogen-bond donors (Lipinski definition) is 2. The fraction of sp³-hybridized carbons (Fsp3) is 0.500. The van der Waals surface area contributed by atoms with Gasteiger partial charge in [-0.3, -0.25) is 4.90 Å². The fourth-order valence-corrected chi connectivity index (χ4v) is 7.27. The van der Waals surface area contributed by atoms with Crippen molar-refractivity contribution in [3.05, 3.63) is 48.2 Å². The number of rotatable bonds is 8. The molecule has 6 rings (SSSR count). The van der Waals surface area contributed by atoms with Gasteiger partial charge in [-0.25, -0.2) is 8.42 Å². The van der Waals surface area contributed by atoms with Gasteiger partial charge in [0, 0.05) is 54.0 Å². The average molecular weight is 631 g/mol. The van der Waals surface area contributed by atoms with Gasteiger partial charge in [-0.1, -0.05) is 12.0 Å². The molecule has 2 aromatic carbocycles. The van der Waals surface area contributed by atoms with Crippen LogP contribution < -0.4 is 15.4 Å². The largest absolute Gasteiger partial charge is 0.495 e. The van der Waals surface area contributed by atoms with E-state index < -0.39 is 22.6 Å². The van der Waals surface area contributed by atoms with E-state index in [-0.39, 0.29) is 23.2 Å². The van der Waals surface area contributed by atoms with Crippen LogP contribution in [0.25, 0.3) is 10.9 Å². The van der Waals surface area contributed by atoms with Gasteiger partial charge in [0.1, 0.15) is 12.3 Å². The standard InChI is InChI=1S/C32H37F3N4O4S/c1-42-30-16-25(44(2,40)41)12-13-28(30)36-14-4-5-24-15-26-27(6-3-7-29(26)39(24)19-32(33,34)35)37-22-8-10-23(11-9-22)38-17-31(18-38)20-43-21-31/h3,6-7,12-13,15-16,22-23,36-37H,8-11,14,17-21H2,1-2H3/t22-,23+. The van der Waals surface area contributed by atoms with E-state index in [1.807, 2.05) is 6.07 Å². The molecule has 44 heavy (non-hydrogen) atoms. The Labute approximate surface area is 255 Å². The van der Waals surface area contributed by atoms with E-state index in [0.29, 0.717) is 33.8 Å². The number of nitrogens with zero attached hydrogens (tertiary/aromatic N) is 2. The van der Waals surface area contributed by atoms with Crippen LogP contribution in [0.1, 0.15) is 31.4 Å². The zero-order valence-corrected chi connectivity index (χ0v) is 25.7. The first-order chi connectivity index (χ1) is 20.9. The van der Waals surface area contributed by atoms with Crippen LogP contribution in [0.4, 0.5) is 24.5 Å². The molecular weight excluding hydrogens is 593 g/mol. The van der Waals surface area contributed by atoms with Crippen molar-refractivity contribution in [1.82, 2.24) is 9.47 Å². The molecule has 236 valence electrons.